The number of methoxy groups -OCH3 is 1. The fraction of sp³-hybridized carbons (Fsp3) is 0.688. The molecule has 23 heavy (non-hydrogen) atoms. The van der Waals surface area contributed by atoms with Gasteiger partial charge in [0.1, 0.15) is 4.88 Å². The predicted octanol–water partition coefficient (Wildman–Crippen LogP) is 1.96. The largest absolute Gasteiger partial charge is 0.467 e. The Morgan fingerprint density at radius 3 is 2.43 bits per heavy atom. The van der Waals surface area contributed by atoms with E-state index in [1.807, 2.05) is 6.92 Å². The Balaban J connectivity index is 2.00. The summed E-state index contributed by atoms with van der Waals surface area (Å²) in [5.74, 6) is -0.450. The van der Waals surface area contributed by atoms with Crippen molar-refractivity contribution in [2.24, 2.45) is 5.92 Å². The van der Waals surface area contributed by atoms with Gasteiger partial charge in [-0.05, 0) is 25.7 Å². The van der Waals surface area contributed by atoms with Crippen molar-refractivity contribution in [1.29, 1.82) is 0 Å². The van der Waals surface area contributed by atoms with Crippen molar-refractivity contribution in [3.8, 4) is 0 Å². The van der Waals surface area contributed by atoms with Crippen LogP contribution in [-0.4, -0.2) is 53.2 Å². The molecule has 128 valence electrons. The van der Waals surface area contributed by atoms with E-state index in [4.69, 9.17) is 0 Å². The van der Waals surface area contributed by atoms with Crippen LogP contribution < -0.4 is 0 Å². The molecular weight excluding hydrogens is 316 g/mol. The quantitative estimate of drug-likeness (QED) is 0.848. The fourth-order valence-corrected chi connectivity index (χ4v) is 3.77. The summed E-state index contributed by atoms with van der Waals surface area (Å²) in [5, 5.41) is 10.9. The number of amides is 1. The Morgan fingerprint density at radius 2 is 1.96 bits per heavy atom. The van der Waals surface area contributed by atoms with Gasteiger partial charge in [0.25, 0.3) is 5.91 Å². The maximum atomic E-state index is 12.7. The molecule has 1 N–H and O–H groups in total. The first kappa shape index (κ1) is 17.9. The highest BCUT2D eigenvalue weighted by Crippen LogP contribution is 2.28. The number of rotatable bonds is 4. The van der Waals surface area contributed by atoms with Gasteiger partial charge in [0.2, 0.25) is 0 Å². The van der Waals surface area contributed by atoms with Gasteiger partial charge in [0, 0.05) is 19.0 Å². The number of carbonyl (C=O) groups excluding carboxylic acids is 2. The van der Waals surface area contributed by atoms with E-state index in [9.17, 15) is 14.7 Å². The highest BCUT2D eigenvalue weighted by molar-refractivity contribution is 7.13. The summed E-state index contributed by atoms with van der Waals surface area (Å²) in [5.41, 5.74) is 0.778. The molecule has 2 rings (SSSR count). The van der Waals surface area contributed by atoms with Gasteiger partial charge in [-0.15, -0.1) is 11.3 Å². The highest BCUT2D eigenvalue weighted by Gasteiger charge is 2.33. The Labute approximate surface area is 140 Å². The Hall–Kier alpha value is -1.47. The van der Waals surface area contributed by atoms with Crippen LogP contribution in [-0.2, 0) is 9.53 Å². The predicted molar refractivity (Wildman–Crippen MR) is 87.6 cm³/mol. The first-order valence-electron chi connectivity index (χ1n) is 7.87. The molecule has 1 amide bonds. The standard InChI is InChI=1S/C16H24N2O4S/c1-9(2)14-17-10(3)13(23-14)15(20)18-7-5-11(6-8-18)12(19)16(21)22-4/h9,11-12,19H,5-8H2,1-4H3/t12-/m1/s1. The van der Waals surface area contributed by atoms with Crippen LogP contribution in [0.1, 0.15) is 53.0 Å². The van der Waals surface area contributed by atoms with Crippen molar-refractivity contribution in [2.75, 3.05) is 20.2 Å². The Kier molecular flexibility index (Phi) is 5.75. The maximum Gasteiger partial charge on any atom is 0.334 e. The van der Waals surface area contributed by atoms with E-state index in [1.54, 1.807) is 4.90 Å². The zero-order valence-electron chi connectivity index (χ0n) is 14.0. The highest BCUT2D eigenvalue weighted by atomic mass is 32.1. The lowest BCUT2D eigenvalue weighted by molar-refractivity contribution is -0.154. The summed E-state index contributed by atoms with van der Waals surface area (Å²) < 4.78 is 4.57. The number of aliphatic hydroxyl groups is 1. The molecule has 0 aliphatic carbocycles. The molecule has 0 bridgehead atoms. The normalized spacial score (nSPS) is 17.4. The number of ether oxygens (including phenoxy) is 1. The Morgan fingerprint density at radius 1 is 1.35 bits per heavy atom. The number of esters is 1. The minimum atomic E-state index is -1.10. The number of nitrogens with zero attached hydrogens (tertiary/aromatic N) is 2. The summed E-state index contributed by atoms with van der Waals surface area (Å²) in [6, 6.07) is 0. The van der Waals surface area contributed by atoms with Crippen LogP contribution in [0.4, 0.5) is 0 Å². The molecule has 1 aromatic heterocycles. The molecule has 0 unspecified atom stereocenters. The molecule has 6 nitrogen and oxygen atoms in total. The number of aromatic nitrogens is 1. The van der Waals surface area contributed by atoms with Crippen molar-refractivity contribution in [3.63, 3.8) is 0 Å². The summed E-state index contributed by atoms with van der Waals surface area (Å²) in [6.07, 6.45) is 0.0864. The van der Waals surface area contributed by atoms with Crippen molar-refractivity contribution in [3.05, 3.63) is 15.6 Å². The number of likely N-dealkylation sites (tertiary alicyclic amines) is 1. The number of piperidine rings is 1. The molecular formula is C16H24N2O4S. The topological polar surface area (TPSA) is 79.7 Å². The molecule has 0 saturated carbocycles. The van der Waals surface area contributed by atoms with Crippen molar-refractivity contribution < 1.29 is 19.4 Å². The lowest BCUT2D eigenvalue weighted by atomic mass is 9.91. The van der Waals surface area contributed by atoms with E-state index in [-0.39, 0.29) is 11.8 Å². The van der Waals surface area contributed by atoms with E-state index in [2.05, 4.69) is 23.6 Å². The molecule has 1 aromatic rings. The van der Waals surface area contributed by atoms with Crippen LogP contribution in [0.15, 0.2) is 0 Å². The van der Waals surface area contributed by atoms with Gasteiger partial charge in [-0.2, -0.15) is 0 Å². The summed E-state index contributed by atoms with van der Waals surface area (Å²) in [6.45, 7) is 7.06. The summed E-state index contributed by atoms with van der Waals surface area (Å²) in [7, 11) is 1.27. The lowest BCUT2D eigenvalue weighted by Crippen LogP contribution is -2.43. The average molecular weight is 340 g/mol. The van der Waals surface area contributed by atoms with Crippen molar-refractivity contribution in [1.82, 2.24) is 9.88 Å². The van der Waals surface area contributed by atoms with Gasteiger partial charge in [-0.1, -0.05) is 13.8 Å². The van der Waals surface area contributed by atoms with Crippen LogP contribution >= 0.6 is 11.3 Å². The van der Waals surface area contributed by atoms with E-state index in [0.717, 1.165) is 10.7 Å². The summed E-state index contributed by atoms with van der Waals surface area (Å²) in [4.78, 5) is 31.0. The second-order valence-corrected chi connectivity index (χ2v) is 7.25. The SMILES string of the molecule is COC(=O)[C@H](O)C1CCN(C(=O)c2sc(C(C)C)nc2C)CC1. The lowest BCUT2D eigenvalue weighted by Gasteiger charge is -2.33. The number of aliphatic hydroxyl groups excluding tert-OH is 1. The summed E-state index contributed by atoms with van der Waals surface area (Å²) >= 11 is 1.46. The smallest absolute Gasteiger partial charge is 0.334 e. The van der Waals surface area contributed by atoms with Crippen molar-refractivity contribution >= 4 is 23.2 Å². The molecule has 7 heteroatoms. The number of carbonyl (C=O) groups is 2. The number of hydrogen-bond donors (Lipinski definition) is 1. The molecule has 1 saturated heterocycles. The molecule has 1 atom stereocenters. The van der Waals surface area contributed by atoms with Crippen LogP contribution in [0.2, 0.25) is 0 Å². The van der Waals surface area contributed by atoms with Gasteiger partial charge < -0.3 is 14.7 Å². The molecule has 0 radical (unpaired) electrons. The molecule has 2 heterocycles. The molecule has 1 fully saturated rings. The van der Waals surface area contributed by atoms with Crippen LogP contribution in [0.3, 0.4) is 0 Å². The monoisotopic (exact) mass is 340 g/mol. The maximum absolute atomic E-state index is 12.7. The number of aryl methyl sites for hydroxylation is 1. The van der Waals surface area contributed by atoms with Gasteiger partial charge >= 0.3 is 5.97 Å². The van der Waals surface area contributed by atoms with E-state index in [1.165, 1.54) is 18.4 Å². The van der Waals surface area contributed by atoms with Gasteiger partial charge in [0.05, 0.1) is 17.8 Å². The number of thiazole rings is 1. The minimum Gasteiger partial charge on any atom is -0.467 e. The first-order chi connectivity index (χ1) is 10.8. The van der Waals surface area contributed by atoms with E-state index in [0.29, 0.717) is 36.7 Å². The second kappa shape index (κ2) is 7.40. The van der Waals surface area contributed by atoms with Crippen molar-refractivity contribution in [2.45, 2.75) is 45.6 Å². The second-order valence-electron chi connectivity index (χ2n) is 6.22. The first-order valence-corrected chi connectivity index (χ1v) is 8.69. The average Bonchev–Trinajstić information content (AvgIpc) is 2.95. The molecule has 1 aliphatic rings. The third-order valence-corrected chi connectivity index (χ3v) is 5.66. The van der Waals surface area contributed by atoms with Crippen LogP contribution in [0, 0.1) is 12.8 Å². The third-order valence-electron chi connectivity index (χ3n) is 4.22. The number of hydrogen-bond acceptors (Lipinski definition) is 6. The van der Waals surface area contributed by atoms with E-state index >= 15 is 0 Å². The molecule has 0 aromatic carbocycles. The zero-order valence-corrected chi connectivity index (χ0v) is 14.9. The third kappa shape index (κ3) is 3.90. The van der Waals surface area contributed by atoms with Crippen LogP contribution in [0.25, 0.3) is 0 Å². The van der Waals surface area contributed by atoms with Gasteiger partial charge in [-0.25, -0.2) is 9.78 Å². The van der Waals surface area contributed by atoms with Crippen LogP contribution in [0.5, 0.6) is 0 Å². The van der Waals surface area contributed by atoms with Gasteiger partial charge in [-0.3, -0.25) is 4.79 Å². The minimum absolute atomic E-state index is 0.00194. The Bertz CT molecular complexity index is 577. The molecule has 0 spiro atoms. The molecule has 1 aliphatic heterocycles. The van der Waals surface area contributed by atoms with Gasteiger partial charge in [0.15, 0.2) is 6.10 Å². The zero-order chi connectivity index (χ0) is 17.1. The fourth-order valence-electron chi connectivity index (χ4n) is 2.74. The van der Waals surface area contributed by atoms with E-state index < -0.39 is 12.1 Å².